The van der Waals surface area contributed by atoms with E-state index >= 15 is 0 Å². The highest BCUT2D eigenvalue weighted by Crippen LogP contribution is 2.38. The number of likely N-dealkylation sites (N-methyl/N-ethyl adjacent to an activating group) is 1. The van der Waals surface area contributed by atoms with E-state index in [1.54, 1.807) is 6.07 Å². The lowest BCUT2D eigenvalue weighted by molar-refractivity contribution is 0.188. The van der Waals surface area contributed by atoms with Crippen LogP contribution in [0.5, 0.6) is 5.75 Å². The summed E-state index contributed by atoms with van der Waals surface area (Å²) >= 11 is 0. The second-order valence-electron chi connectivity index (χ2n) is 10.1. The molecule has 192 valence electrons. The predicted octanol–water partition coefficient (Wildman–Crippen LogP) is 4.92. The summed E-state index contributed by atoms with van der Waals surface area (Å²) in [7, 11) is 2.13. The Balaban J connectivity index is 1.32. The Kier molecular flexibility index (Phi) is 5.71. The van der Waals surface area contributed by atoms with Crippen LogP contribution in [0.2, 0.25) is 0 Å². The Hall–Kier alpha value is -3.79. The number of piperazine rings is 1. The van der Waals surface area contributed by atoms with Crippen LogP contribution in [0.1, 0.15) is 25.7 Å². The van der Waals surface area contributed by atoms with Crippen molar-refractivity contribution in [1.29, 1.82) is 0 Å². The molecule has 0 spiro atoms. The van der Waals surface area contributed by atoms with Gasteiger partial charge in [0.25, 0.3) is 0 Å². The summed E-state index contributed by atoms with van der Waals surface area (Å²) < 4.78 is 37.9. The van der Waals surface area contributed by atoms with Crippen molar-refractivity contribution in [2.45, 2.75) is 32.9 Å². The van der Waals surface area contributed by atoms with Crippen molar-refractivity contribution < 1.29 is 13.5 Å². The predicted molar refractivity (Wildman–Crippen MR) is 140 cm³/mol. The summed E-state index contributed by atoms with van der Waals surface area (Å²) in [6, 6.07) is 9.27. The third kappa shape index (κ3) is 4.15. The van der Waals surface area contributed by atoms with Crippen LogP contribution in [-0.2, 0) is 0 Å². The van der Waals surface area contributed by atoms with Gasteiger partial charge in [0.05, 0.1) is 23.4 Å². The maximum absolute atomic E-state index is 15.0. The first-order chi connectivity index (χ1) is 17.8. The summed E-state index contributed by atoms with van der Waals surface area (Å²) in [4.78, 5) is 17.6. The Morgan fingerprint density at radius 2 is 1.92 bits per heavy atom. The molecule has 2 aliphatic heterocycles. The Bertz CT molecular complexity index is 1500. The van der Waals surface area contributed by atoms with Gasteiger partial charge in [-0.2, -0.15) is 0 Å². The van der Waals surface area contributed by atoms with E-state index in [9.17, 15) is 8.78 Å². The van der Waals surface area contributed by atoms with Crippen molar-refractivity contribution in [2.24, 2.45) is 0 Å². The van der Waals surface area contributed by atoms with Crippen LogP contribution in [0.25, 0.3) is 22.3 Å². The Morgan fingerprint density at radius 3 is 2.73 bits per heavy atom. The van der Waals surface area contributed by atoms with E-state index < -0.39 is 11.6 Å². The number of aromatic nitrogens is 4. The highest BCUT2D eigenvalue weighted by atomic mass is 19.1. The fraction of sp³-hybridized carbons (Fsp3) is 0.370. The number of rotatable bonds is 4. The molecule has 4 heterocycles. The van der Waals surface area contributed by atoms with Crippen LogP contribution in [0.4, 0.5) is 26.1 Å². The number of anilines is 3. The fourth-order valence-electron chi connectivity index (χ4n) is 5.42. The number of hydrogen-bond donors (Lipinski definition) is 1. The lowest BCUT2D eigenvalue weighted by Crippen LogP contribution is -2.56. The molecular formula is C27H29F2N7O. The van der Waals surface area contributed by atoms with E-state index in [1.807, 2.05) is 43.5 Å². The van der Waals surface area contributed by atoms with Gasteiger partial charge >= 0.3 is 0 Å². The van der Waals surface area contributed by atoms with Crippen LogP contribution in [0.3, 0.4) is 0 Å². The molecule has 0 unspecified atom stereocenters. The average molecular weight is 506 g/mol. The van der Waals surface area contributed by atoms with Crippen LogP contribution in [0.15, 0.2) is 36.5 Å². The quantitative estimate of drug-likeness (QED) is 0.422. The van der Waals surface area contributed by atoms with Gasteiger partial charge in [-0.15, -0.1) is 0 Å². The Labute approximate surface area is 213 Å². The smallest absolute Gasteiger partial charge is 0.227 e. The molecule has 1 fully saturated rings. The molecule has 6 rings (SSSR count). The van der Waals surface area contributed by atoms with Gasteiger partial charge in [0.1, 0.15) is 29.4 Å². The van der Waals surface area contributed by atoms with Gasteiger partial charge in [-0.1, -0.05) is 0 Å². The highest BCUT2D eigenvalue weighted by molar-refractivity contribution is 5.83. The lowest BCUT2D eigenvalue weighted by Gasteiger charge is -2.44. The molecular weight excluding hydrogens is 476 g/mol. The molecule has 0 saturated carbocycles. The number of aryl methyl sites for hydroxylation is 1. The molecule has 1 N–H and O–H groups in total. The third-order valence-electron chi connectivity index (χ3n) is 7.10. The molecule has 0 aliphatic carbocycles. The van der Waals surface area contributed by atoms with Gasteiger partial charge in [0, 0.05) is 43.0 Å². The molecule has 10 heteroatoms. The first-order valence-corrected chi connectivity index (χ1v) is 12.5. The van der Waals surface area contributed by atoms with Crippen LogP contribution in [0, 0.1) is 18.6 Å². The lowest BCUT2D eigenvalue weighted by atomic mass is 10.1. The minimum absolute atomic E-state index is 0.0157. The first kappa shape index (κ1) is 23.6. The number of halogens is 2. The number of hydrogen-bond acceptors (Lipinski definition) is 7. The second-order valence-corrected chi connectivity index (χ2v) is 10.1. The minimum Gasteiger partial charge on any atom is -0.489 e. The van der Waals surface area contributed by atoms with Crippen molar-refractivity contribution in [3.05, 3.63) is 54.0 Å². The van der Waals surface area contributed by atoms with E-state index in [-0.39, 0.29) is 23.2 Å². The van der Waals surface area contributed by atoms with E-state index in [1.165, 1.54) is 6.07 Å². The zero-order valence-corrected chi connectivity index (χ0v) is 21.3. The molecule has 0 bridgehead atoms. The number of fused-ring (bicyclic) bond motifs is 4. The van der Waals surface area contributed by atoms with Crippen LogP contribution < -0.4 is 15.0 Å². The van der Waals surface area contributed by atoms with Crippen molar-refractivity contribution in [3.8, 4) is 17.0 Å². The number of benzene rings is 2. The van der Waals surface area contributed by atoms with Gasteiger partial charge in [0.2, 0.25) is 5.95 Å². The third-order valence-corrected chi connectivity index (χ3v) is 7.10. The summed E-state index contributed by atoms with van der Waals surface area (Å²) in [5.41, 5.74) is 2.99. The summed E-state index contributed by atoms with van der Waals surface area (Å²) in [6.45, 7) is 9.37. The van der Waals surface area contributed by atoms with E-state index in [4.69, 9.17) is 4.74 Å². The van der Waals surface area contributed by atoms with Gasteiger partial charge in [-0.25, -0.2) is 23.7 Å². The second kappa shape index (κ2) is 8.95. The zero-order valence-electron chi connectivity index (χ0n) is 21.3. The SMILES string of the molecule is Cc1nc2c(F)cc(-c3nc(Nc4ccc5c(c4)OC[C@H]4CN(C)CCN54)ncc3F)cc2n1C(C)C. The number of nitrogens with zero attached hydrogens (tertiary/aromatic N) is 6. The van der Waals surface area contributed by atoms with Crippen LogP contribution >= 0.6 is 0 Å². The number of imidazole rings is 1. The zero-order chi connectivity index (χ0) is 25.8. The molecule has 4 aromatic rings. The van der Waals surface area contributed by atoms with E-state index in [0.29, 0.717) is 29.6 Å². The molecule has 2 aliphatic rings. The van der Waals surface area contributed by atoms with Gasteiger partial charge < -0.3 is 24.4 Å². The van der Waals surface area contributed by atoms with Gasteiger partial charge in [0.15, 0.2) is 11.6 Å². The molecule has 0 radical (unpaired) electrons. The molecule has 2 aromatic heterocycles. The molecule has 8 nitrogen and oxygen atoms in total. The van der Waals surface area contributed by atoms with E-state index in [0.717, 1.165) is 43.0 Å². The largest absolute Gasteiger partial charge is 0.489 e. The molecule has 1 saturated heterocycles. The monoisotopic (exact) mass is 505 g/mol. The molecule has 37 heavy (non-hydrogen) atoms. The standard InChI is InChI=1S/C27H29F2N7O/c1-15(2)36-16(3)31-26-20(28)9-17(10-23(26)36)25-21(29)12-30-27(33-25)32-18-5-6-22-24(11-18)37-14-19-13-34(4)7-8-35(19)22/h5-6,9-12,15,19H,7-8,13-14H2,1-4H3,(H,30,32,33)/t19-/m1/s1. The highest BCUT2D eigenvalue weighted by Gasteiger charge is 2.31. The first-order valence-electron chi connectivity index (χ1n) is 12.5. The van der Waals surface area contributed by atoms with E-state index in [2.05, 4.69) is 37.1 Å². The van der Waals surface area contributed by atoms with Crippen molar-refractivity contribution >= 4 is 28.4 Å². The maximum Gasteiger partial charge on any atom is 0.227 e. The van der Waals surface area contributed by atoms with Crippen molar-refractivity contribution in [3.63, 3.8) is 0 Å². The number of ether oxygens (including phenoxy) is 1. The van der Waals surface area contributed by atoms with Crippen LogP contribution in [-0.4, -0.2) is 63.7 Å². The average Bonchev–Trinajstić information content (AvgIpc) is 3.21. The maximum atomic E-state index is 15.0. The number of nitrogens with one attached hydrogen (secondary N) is 1. The normalized spacial score (nSPS) is 17.6. The molecule has 2 aromatic carbocycles. The summed E-state index contributed by atoms with van der Waals surface area (Å²) in [5, 5.41) is 3.15. The van der Waals surface area contributed by atoms with Gasteiger partial charge in [-0.3, -0.25) is 0 Å². The fourth-order valence-corrected chi connectivity index (χ4v) is 5.42. The topological polar surface area (TPSA) is 71.3 Å². The molecule has 1 atom stereocenters. The van der Waals surface area contributed by atoms with Crippen molar-refractivity contribution in [2.75, 3.05) is 43.5 Å². The van der Waals surface area contributed by atoms with Crippen molar-refractivity contribution in [1.82, 2.24) is 24.4 Å². The Morgan fingerprint density at radius 1 is 1.08 bits per heavy atom. The summed E-state index contributed by atoms with van der Waals surface area (Å²) in [5.74, 6) is 0.545. The molecule has 0 amide bonds. The summed E-state index contributed by atoms with van der Waals surface area (Å²) in [6.07, 6.45) is 1.10. The van der Waals surface area contributed by atoms with Gasteiger partial charge in [-0.05, 0) is 52.1 Å². The minimum atomic E-state index is -0.633.